The van der Waals surface area contributed by atoms with Crippen molar-refractivity contribution >= 4 is 50.9 Å². The zero-order valence-corrected chi connectivity index (χ0v) is 17.0. The predicted octanol–water partition coefficient (Wildman–Crippen LogP) is 3.34. The number of rotatable bonds is 6. The zero-order chi connectivity index (χ0) is 19.7. The summed E-state index contributed by atoms with van der Waals surface area (Å²) in [6.07, 6.45) is 3.93. The van der Waals surface area contributed by atoms with Crippen LogP contribution in [0.15, 0.2) is 23.4 Å². The molecule has 4 N–H and O–H groups in total. The third kappa shape index (κ3) is 3.72. The molecule has 1 aliphatic rings. The number of carbonyl (C=O) groups is 2. The van der Waals surface area contributed by atoms with E-state index in [1.807, 2.05) is 18.2 Å². The predicted molar refractivity (Wildman–Crippen MR) is 111 cm³/mol. The van der Waals surface area contributed by atoms with Crippen molar-refractivity contribution in [2.45, 2.75) is 30.8 Å². The van der Waals surface area contributed by atoms with Crippen molar-refractivity contribution in [3.63, 3.8) is 0 Å². The van der Waals surface area contributed by atoms with Crippen LogP contribution in [0.2, 0.25) is 0 Å². The van der Waals surface area contributed by atoms with Gasteiger partial charge in [0.2, 0.25) is 5.91 Å². The molecule has 0 atom stereocenters. The molecule has 0 unspecified atom stereocenters. The Morgan fingerprint density at radius 2 is 2.18 bits per heavy atom. The number of nitrogens with two attached hydrogens (primary N) is 1. The lowest BCUT2D eigenvalue weighted by atomic mass is 9.95. The Morgan fingerprint density at radius 1 is 1.36 bits per heavy atom. The van der Waals surface area contributed by atoms with Gasteiger partial charge >= 0.3 is 0 Å². The van der Waals surface area contributed by atoms with E-state index in [1.165, 1.54) is 23.1 Å². The average molecular weight is 417 g/mol. The number of thiophene rings is 1. The Bertz CT molecular complexity index is 1060. The number of fused-ring (bicyclic) bond motifs is 2. The number of ether oxygens (including phenoxy) is 1. The summed E-state index contributed by atoms with van der Waals surface area (Å²) in [6, 6.07) is 5.57. The summed E-state index contributed by atoms with van der Waals surface area (Å²) < 4.78 is 5.21. The summed E-state index contributed by atoms with van der Waals surface area (Å²) >= 11 is 2.77. The van der Waals surface area contributed by atoms with Gasteiger partial charge in [0.1, 0.15) is 10.8 Å². The fourth-order valence-corrected chi connectivity index (χ4v) is 5.37. The monoisotopic (exact) mass is 416 g/mol. The molecule has 146 valence electrons. The van der Waals surface area contributed by atoms with Crippen LogP contribution in [-0.2, 0) is 17.6 Å². The van der Waals surface area contributed by atoms with E-state index in [2.05, 4.69) is 15.3 Å². The minimum absolute atomic E-state index is 0.178. The molecular weight excluding hydrogens is 396 g/mol. The SMILES string of the molecule is COc1ccc2nc(SCC(=O)Nc3sc4c(c3C(N)=O)CCCC4)[nH]c2c1. The number of methoxy groups -OCH3 is 1. The Kier molecular flexibility index (Phi) is 5.27. The quantitative estimate of drug-likeness (QED) is 0.534. The van der Waals surface area contributed by atoms with Crippen molar-refractivity contribution in [2.24, 2.45) is 5.73 Å². The van der Waals surface area contributed by atoms with Crippen LogP contribution in [0.1, 0.15) is 33.6 Å². The van der Waals surface area contributed by atoms with E-state index >= 15 is 0 Å². The van der Waals surface area contributed by atoms with E-state index in [-0.39, 0.29) is 11.7 Å². The molecule has 0 fully saturated rings. The van der Waals surface area contributed by atoms with E-state index < -0.39 is 5.91 Å². The Morgan fingerprint density at radius 3 is 2.96 bits per heavy atom. The first-order chi connectivity index (χ1) is 13.5. The lowest BCUT2D eigenvalue weighted by molar-refractivity contribution is -0.113. The highest BCUT2D eigenvalue weighted by Crippen LogP contribution is 2.38. The van der Waals surface area contributed by atoms with Gasteiger partial charge in [-0.1, -0.05) is 11.8 Å². The summed E-state index contributed by atoms with van der Waals surface area (Å²) in [4.78, 5) is 33.2. The lowest BCUT2D eigenvalue weighted by Crippen LogP contribution is -2.19. The van der Waals surface area contributed by atoms with Crippen molar-refractivity contribution in [3.05, 3.63) is 34.2 Å². The van der Waals surface area contributed by atoms with Crippen molar-refractivity contribution in [3.8, 4) is 5.75 Å². The minimum atomic E-state index is -0.478. The number of nitrogens with zero attached hydrogens (tertiary/aromatic N) is 1. The lowest BCUT2D eigenvalue weighted by Gasteiger charge is -2.11. The first-order valence-electron chi connectivity index (χ1n) is 8.96. The molecule has 2 heterocycles. The molecule has 2 amide bonds. The van der Waals surface area contributed by atoms with Gasteiger partial charge < -0.3 is 20.8 Å². The summed E-state index contributed by atoms with van der Waals surface area (Å²) in [5.74, 6) is 0.251. The van der Waals surface area contributed by atoms with Gasteiger partial charge in [-0.15, -0.1) is 11.3 Å². The Labute approximate surface area is 170 Å². The van der Waals surface area contributed by atoms with Crippen molar-refractivity contribution in [1.82, 2.24) is 9.97 Å². The Hall–Kier alpha value is -2.52. The maximum absolute atomic E-state index is 12.5. The first-order valence-corrected chi connectivity index (χ1v) is 10.8. The van der Waals surface area contributed by atoms with E-state index in [0.717, 1.165) is 52.9 Å². The van der Waals surface area contributed by atoms with E-state index in [1.54, 1.807) is 7.11 Å². The zero-order valence-electron chi connectivity index (χ0n) is 15.3. The number of anilines is 1. The largest absolute Gasteiger partial charge is 0.497 e. The van der Waals surface area contributed by atoms with E-state index in [4.69, 9.17) is 10.5 Å². The highest BCUT2D eigenvalue weighted by molar-refractivity contribution is 7.99. The number of hydrogen-bond donors (Lipinski definition) is 3. The van der Waals surface area contributed by atoms with Gasteiger partial charge in [0.05, 0.1) is 29.5 Å². The molecule has 2 aromatic heterocycles. The molecule has 3 aromatic rings. The summed E-state index contributed by atoms with van der Waals surface area (Å²) in [6.45, 7) is 0. The summed E-state index contributed by atoms with van der Waals surface area (Å²) in [5, 5.41) is 4.09. The van der Waals surface area contributed by atoms with E-state index in [9.17, 15) is 9.59 Å². The standard InChI is InChI=1S/C19H20N4O3S2/c1-26-10-6-7-12-13(8-10)22-19(21-12)27-9-15(24)23-18-16(17(20)25)11-4-2-3-5-14(11)28-18/h6-8H,2-5,9H2,1H3,(H2,20,25)(H,21,22)(H,23,24). The fraction of sp³-hybridized carbons (Fsp3) is 0.316. The van der Waals surface area contributed by atoms with Gasteiger partial charge in [0.25, 0.3) is 5.91 Å². The van der Waals surface area contributed by atoms with Crippen molar-refractivity contribution < 1.29 is 14.3 Å². The van der Waals surface area contributed by atoms with Crippen LogP contribution in [0.3, 0.4) is 0 Å². The van der Waals surface area contributed by atoms with Gasteiger partial charge in [-0.25, -0.2) is 4.98 Å². The van der Waals surface area contributed by atoms with Crippen LogP contribution in [0, 0.1) is 0 Å². The number of hydrogen-bond acceptors (Lipinski definition) is 6. The van der Waals surface area contributed by atoms with Crippen LogP contribution in [0.4, 0.5) is 5.00 Å². The van der Waals surface area contributed by atoms with Crippen LogP contribution >= 0.6 is 23.1 Å². The number of aromatic nitrogens is 2. The average Bonchev–Trinajstić information content (AvgIpc) is 3.25. The topological polar surface area (TPSA) is 110 Å². The number of nitrogens with one attached hydrogen (secondary N) is 2. The molecule has 1 aromatic carbocycles. The smallest absolute Gasteiger partial charge is 0.251 e. The minimum Gasteiger partial charge on any atom is -0.497 e. The number of amides is 2. The normalized spacial score (nSPS) is 13.3. The molecule has 0 aliphatic heterocycles. The second-order valence-corrected chi connectivity index (χ2v) is 8.61. The fourth-order valence-electron chi connectivity index (χ4n) is 3.37. The molecule has 0 saturated carbocycles. The van der Waals surface area contributed by atoms with Crippen LogP contribution in [0.5, 0.6) is 5.75 Å². The number of aromatic amines is 1. The first kappa shape index (κ1) is 18.8. The van der Waals surface area contributed by atoms with Crippen LogP contribution in [0.25, 0.3) is 11.0 Å². The summed E-state index contributed by atoms with van der Waals surface area (Å²) in [7, 11) is 1.61. The molecule has 1 aliphatic carbocycles. The highest BCUT2D eigenvalue weighted by atomic mass is 32.2. The number of H-pyrrole nitrogens is 1. The number of thioether (sulfide) groups is 1. The third-order valence-corrected chi connectivity index (χ3v) is 6.76. The van der Waals surface area contributed by atoms with Gasteiger partial charge in [-0.3, -0.25) is 9.59 Å². The number of carbonyl (C=O) groups excluding carboxylic acids is 2. The molecule has 7 nitrogen and oxygen atoms in total. The number of primary amides is 1. The molecule has 0 radical (unpaired) electrons. The highest BCUT2D eigenvalue weighted by Gasteiger charge is 2.25. The number of aryl methyl sites for hydroxylation is 1. The molecular formula is C19H20N4O3S2. The molecule has 0 saturated heterocycles. The molecule has 0 spiro atoms. The van der Waals surface area contributed by atoms with E-state index in [0.29, 0.717) is 15.7 Å². The van der Waals surface area contributed by atoms with Gasteiger partial charge in [0, 0.05) is 10.9 Å². The van der Waals surface area contributed by atoms with Gasteiger partial charge in [-0.2, -0.15) is 0 Å². The van der Waals surface area contributed by atoms with Gasteiger partial charge in [-0.05, 0) is 43.4 Å². The molecule has 9 heteroatoms. The van der Waals surface area contributed by atoms with Crippen molar-refractivity contribution in [2.75, 3.05) is 18.2 Å². The second-order valence-electron chi connectivity index (χ2n) is 6.54. The third-order valence-electron chi connectivity index (χ3n) is 4.68. The molecule has 0 bridgehead atoms. The van der Waals surface area contributed by atoms with Crippen molar-refractivity contribution in [1.29, 1.82) is 0 Å². The second kappa shape index (κ2) is 7.84. The number of imidazole rings is 1. The molecule has 4 rings (SSSR count). The Balaban J connectivity index is 1.45. The van der Waals surface area contributed by atoms with Crippen LogP contribution in [-0.4, -0.2) is 34.6 Å². The molecule has 28 heavy (non-hydrogen) atoms. The maximum Gasteiger partial charge on any atom is 0.251 e. The maximum atomic E-state index is 12.5. The van der Waals surface area contributed by atoms with Gasteiger partial charge in [0.15, 0.2) is 5.16 Å². The summed E-state index contributed by atoms with van der Waals surface area (Å²) in [5.41, 5.74) is 8.73. The van der Waals surface area contributed by atoms with Crippen LogP contribution < -0.4 is 15.8 Å². The number of benzene rings is 1.